The molecule has 0 radical (unpaired) electrons. The van der Waals surface area contributed by atoms with Crippen LogP contribution in [0.5, 0.6) is 0 Å². The first kappa shape index (κ1) is 10.3. The van der Waals surface area contributed by atoms with E-state index in [9.17, 15) is 4.79 Å². The first-order valence-electron chi connectivity index (χ1n) is 3.49. The summed E-state index contributed by atoms with van der Waals surface area (Å²) in [4.78, 5) is 11.0. The Morgan fingerprint density at radius 1 is 1.69 bits per heavy atom. The number of rotatable bonds is 3. The van der Waals surface area contributed by atoms with Crippen LogP contribution < -0.4 is 5.32 Å². The van der Waals surface area contributed by atoms with Gasteiger partial charge in [0.15, 0.2) is 0 Å². The maximum Gasteiger partial charge on any atom is 0.405 e. The lowest BCUT2D eigenvalue weighted by Crippen LogP contribution is -2.28. The molecule has 6 heteroatoms. The van der Waals surface area contributed by atoms with Crippen molar-refractivity contribution in [1.29, 1.82) is 0 Å². The van der Waals surface area contributed by atoms with E-state index >= 15 is 0 Å². The topological polar surface area (TPSA) is 69.6 Å². The smallest absolute Gasteiger partial charge is 0.405 e. The van der Waals surface area contributed by atoms with Crippen LogP contribution in [-0.2, 0) is 0 Å². The minimum absolute atomic E-state index is 0.275. The van der Waals surface area contributed by atoms with Crippen molar-refractivity contribution in [3.63, 3.8) is 0 Å². The van der Waals surface area contributed by atoms with Crippen LogP contribution >= 0.6 is 22.9 Å². The van der Waals surface area contributed by atoms with Gasteiger partial charge in [0.05, 0.1) is 17.0 Å². The van der Waals surface area contributed by atoms with Crippen molar-refractivity contribution in [2.45, 2.75) is 6.04 Å². The molecule has 1 aromatic heterocycles. The van der Waals surface area contributed by atoms with Crippen LogP contribution in [0.1, 0.15) is 10.9 Å². The van der Waals surface area contributed by atoms with Crippen LogP contribution in [0, 0.1) is 0 Å². The van der Waals surface area contributed by atoms with Gasteiger partial charge >= 0.3 is 6.09 Å². The Morgan fingerprint density at radius 3 is 2.77 bits per heavy atom. The SMILES string of the molecule is O=C(O)NC(CO)c1ccc(Cl)s1. The average Bonchev–Trinajstić information content (AvgIpc) is 2.47. The summed E-state index contributed by atoms with van der Waals surface area (Å²) < 4.78 is 0.570. The van der Waals surface area contributed by atoms with Gasteiger partial charge in [-0.15, -0.1) is 11.3 Å². The number of nitrogens with one attached hydrogen (secondary N) is 1. The lowest BCUT2D eigenvalue weighted by Gasteiger charge is -2.11. The van der Waals surface area contributed by atoms with Crippen LogP contribution in [0.4, 0.5) is 4.79 Å². The van der Waals surface area contributed by atoms with E-state index in [0.717, 1.165) is 0 Å². The summed E-state index contributed by atoms with van der Waals surface area (Å²) in [6, 6.07) is 2.76. The number of hydrogen-bond acceptors (Lipinski definition) is 3. The molecule has 0 spiro atoms. The Morgan fingerprint density at radius 2 is 2.38 bits per heavy atom. The largest absolute Gasteiger partial charge is 0.465 e. The van der Waals surface area contributed by atoms with E-state index in [1.165, 1.54) is 11.3 Å². The average molecular weight is 222 g/mol. The zero-order valence-corrected chi connectivity index (χ0v) is 8.10. The molecule has 0 saturated heterocycles. The lowest BCUT2D eigenvalue weighted by atomic mass is 10.2. The summed E-state index contributed by atoms with van der Waals surface area (Å²) in [5, 5.41) is 19.5. The normalized spacial score (nSPS) is 12.5. The molecule has 0 fully saturated rings. The van der Waals surface area contributed by atoms with Gasteiger partial charge in [-0.1, -0.05) is 11.6 Å². The predicted molar refractivity (Wildman–Crippen MR) is 50.3 cm³/mol. The molecule has 1 heterocycles. The van der Waals surface area contributed by atoms with Gasteiger partial charge in [-0.05, 0) is 12.1 Å². The number of aliphatic hydroxyl groups excluding tert-OH is 1. The van der Waals surface area contributed by atoms with Gasteiger partial charge < -0.3 is 15.5 Å². The third kappa shape index (κ3) is 2.87. The van der Waals surface area contributed by atoms with Crippen molar-refractivity contribution < 1.29 is 15.0 Å². The molecule has 0 saturated carbocycles. The summed E-state index contributed by atoms with van der Waals surface area (Å²) in [5.74, 6) is 0. The summed E-state index contributed by atoms with van der Waals surface area (Å²) in [7, 11) is 0. The lowest BCUT2D eigenvalue weighted by molar-refractivity contribution is 0.178. The Hall–Kier alpha value is -0.780. The Labute approximate surface area is 83.8 Å². The molecule has 3 N–H and O–H groups in total. The summed E-state index contributed by atoms with van der Waals surface area (Å²) in [6.45, 7) is -0.275. The van der Waals surface area contributed by atoms with E-state index in [1.54, 1.807) is 12.1 Å². The van der Waals surface area contributed by atoms with Crippen LogP contribution in [0.25, 0.3) is 0 Å². The number of hydrogen-bond donors (Lipinski definition) is 3. The third-order valence-corrected chi connectivity index (χ3v) is 2.76. The molecule has 72 valence electrons. The van der Waals surface area contributed by atoms with E-state index in [0.29, 0.717) is 9.21 Å². The standard InChI is InChI=1S/C7H8ClNO3S/c8-6-2-1-5(13-6)4(3-10)9-7(11)12/h1-2,4,9-10H,3H2,(H,11,12). The van der Waals surface area contributed by atoms with Crippen molar-refractivity contribution in [2.75, 3.05) is 6.61 Å². The first-order chi connectivity index (χ1) is 6.13. The highest BCUT2D eigenvalue weighted by Crippen LogP contribution is 2.26. The second kappa shape index (κ2) is 4.45. The van der Waals surface area contributed by atoms with Crippen molar-refractivity contribution in [1.82, 2.24) is 5.32 Å². The van der Waals surface area contributed by atoms with Gasteiger partial charge in [-0.25, -0.2) is 4.79 Å². The maximum atomic E-state index is 10.3. The fourth-order valence-electron chi connectivity index (χ4n) is 0.871. The zero-order chi connectivity index (χ0) is 9.84. The zero-order valence-electron chi connectivity index (χ0n) is 6.53. The molecule has 0 bridgehead atoms. The van der Waals surface area contributed by atoms with E-state index in [1.807, 2.05) is 0 Å². The highest BCUT2D eigenvalue weighted by molar-refractivity contribution is 7.16. The summed E-state index contributed by atoms with van der Waals surface area (Å²) in [6.07, 6.45) is -1.16. The molecule has 1 amide bonds. The van der Waals surface area contributed by atoms with Crippen LogP contribution in [0.3, 0.4) is 0 Å². The van der Waals surface area contributed by atoms with Gasteiger partial charge in [0.2, 0.25) is 0 Å². The molecule has 0 aromatic carbocycles. The monoisotopic (exact) mass is 221 g/mol. The van der Waals surface area contributed by atoms with Gasteiger partial charge in [0, 0.05) is 4.88 Å². The Balaban J connectivity index is 2.72. The Bertz CT molecular complexity index is 302. The fraction of sp³-hybridized carbons (Fsp3) is 0.286. The van der Waals surface area contributed by atoms with Crippen molar-refractivity contribution in [3.05, 3.63) is 21.3 Å². The third-order valence-electron chi connectivity index (χ3n) is 1.42. The van der Waals surface area contributed by atoms with Gasteiger partial charge in [-0.3, -0.25) is 0 Å². The number of carboxylic acid groups (broad SMARTS) is 1. The minimum atomic E-state index is -1.16. The molecule has 0 aliphatic heterocycles. The minimum Gasteiger partial charge on any atom is -0.465 e. The number of thiophene rings is 1. The predicted octanol–water partition coefficient (Wildman–Crippen LogP) is 1.70. The van der Waals surface area contributed by atoms with E-state index in [4.69, 9.17) is 21.8 Å². The van der Waals surface area contributed by atoms with Gasteiger partial charge in [0.25, 0.3) is 0 Å². The van der Waals surface area contributed by atoms with Gasteiger partial charge in [0.1, 0.15) is 0 Å². The fourth-order valence-corrected chi connectivity index (χ4v) is 1.97. The van der Waals surface area contributed by atoms with Crippen molar-refractivity contribution >= 4 is 29.0 Å². The van der Waals surface area contributed by atoms with E-state index < -0.39 is 12.1 Å². The molecule has 1 aromatic rings. The highest BCUT2D eigenvalue weighted by Gasteiger charge is 2.14. The molecular weight excluding hydrogens is 214 g/mol. The molecular formula is C7H8ClNO3S. The second-order valence-corrected chi connectivity index (χ2v) is 4.07. The second-order valence-electron chi connectivity index (χ2n) is 2.33. The molecule has 4 nitrogen and oxygen atoms in total. The van der Waals surface area contributed by atoms with E-state index in [2.05, 4.69) is 5.32 Å². The number of halogens is 1. The van der Waals surface area contributed by atoms with Crippen molar-refractivity contribution in [2.24, 2.45) is 0 Å². The Kier molecular flexibility index (Phi) is 3.53. The molecule has 0 aliphatic carbocycles. The maximum absolute atomic E-state index is 10.3. The summed E-state index contributed by atoms with van der Waals surface area (Å²) >= 11 is 6.90. The first-order valence-corrected chi connectivity index (χ1v) is 4.68. The molecule has 1 unspecified atom stereocenters. The molecule has 0 aliphatic rings. The molecule has 1 rings (SSSR count). The molecule has 1 atom stereocenters. The van der Waals surface area contributed by atoms with E-state index in [-0.39, 0.29) is 6.61 Å². The van der Waals surface area contributed by atoms with Gasteiger partial charge in [-0.2, -0.15) is 0 Å². The number of carbonyl (C=O) groups is 1. The number of amides is 1. The van der Waals surface area contributed by atoms with Crippen LogP contribution in [0.2, 0.25) is 4.34 Å². The van der Waals surface area contributed by atoms with Crippen LogP contribution in [-0.4, -0.2) is 22.9 Å². The summed E-state index contributed by atoms with van der Waals surface area (Å²) in [5.41, 5.74) is 0. The van der Waals surface area contributed by atoms with Crippen LogP contribution in [0.15, 0.2) is 12.1 Å². The quantitative estimate of drug-likeness (QED) is 0.728. The highest BCUT2D eigenvalue weighted by atomic mass is 35.5. The molecule has 13 heavy (non-hydrogen) atoms. The number of aliphatic hydroxyl groups is 1. The van der Waals surface area contributed by atoms with Crippen molar-refractivity contribution in [3.8, 4) is 0 Å².